The maximum Gasteiger partial charge on any atom is 0.0627 e. The second-order valence-corrected chi connectivity index (χ2v) is 5.81. The molecule has 0 aliphatic heterocycles. The van der Waals surface area contributed by atoms with Crippen molar-refractivity contribution in [3.8, 4) is 0 Å². The van der Waals surface area contributed by atoms with Gasteiger partial charge in [0.15, 0.2) is 0 Å². The first kappa shape index (κ1) is 15.4. The highest BCUT2D eigenvalue weighted by Crippen LogP contribution is 2.29. The second kappa shape index (κ2) is 7.74. The highest BCUT2D eigenvalue weighted by molar-refractivity contribution is 7.17. The summed E-state index contributed by atoms with van der Waals surface area (Å²) in [5.74, 6) is 0. The number of fused-ring (bicyclic) bond motifs is 1. The summed E-state index contributed by atoms with van der Waals surface area (Å²) in [6.45, 7) is 8.56. The lowest BCUT2D eigenvalue weighted by molar-refractivity contribution is 0.234. The third-order valence-corrected chi connectivity index (χ3v) is 4.76. The van der Waals surface area contributed by atoms with E-state index < -0.39 is 0 Å². The molecule has 1 heterocycles. The van der Waals surface area contributed by atoms with Crippen LogP contribution >= 0.6 is 11.3 Å². The molecule has 0 radical (unpaired) electrons. The van der Waals surface area contributed by atoms with Crippen LogP contribution in [-0.4, -0.2) is 42.8 Å². The third-order valence-electron chi connectivity index (χ3n) is 3.78. The number of benzene rings is 1. The van der Waals surface area contributed by atoms with E-state index in [0.717, 1.165) is 26.2 Å². The minimum atomic E-state index is 0.0294. The molecule has 0 bridgehead atoms. The fourth-order valence-electron chi connectivity index (χ4n) is 2.48. The monoisotopic (exact) mass is 292 g/mol. The lowest BCUT2D eigenvalue weighted by Crippen LogP contribution is -2.34. The van der Waals surface area contributed by atoms with E-state index in [4.69, 9.17) is 0 Å². The molecule has 0 aliphatic rings. The summed E-state index contributed by atoms with van der Waals surface area (Å²) in [6.07, 6.45) is 0. The van der Waals surface area contributed by atoms with Crippen molar-refractivity contribution in [3.05, 3.63) is 35.2 Å². The number of aliphatic hydroxyl groups excluding tert-OH is 1. The summed E-state index contributed by atoms with van der Waals surface area (Å²) in [4.78, 5) is 2.38. The van der Waals surface area contributed by atoms with Crippen molar-refractivity contribution in [2.75, 3.05) is 32.8 Å². The Kier molecular flexibility index (Phi) is 5.98. The quantitative estimate of drug-likeness (QED) is 0.785. The molecule has 3 nitrogen and oxygen atoms in total. The van der Waals surface area contributed by atoms with Gasteiger partial charge in [-0.05, 0) is 35.5 Å². The third kappa shape index (κ3) is 3.58. The molecular weight excluding hydrogens is 268 g/mol. The molecule has 4 heteroatoms. The minimum Gasteiger partial charge on any atom is -0.394 e. The maximum atomic E-state index is 9.67. The summed E-state index contributed by atoms with van der Waals surface area (Å²) < 4.78 is 1.28. The van der Waals surface area contributed by atoms with Gasteiger partial charge in [0.1, 0.15) is 0 Å². The summed E-state index contributed by atoms with van der Waals surface area (Å²) in [5.41, 5.74) is 1.22. The first-order valence-corrected chi connectivity index (χ1v) is 8.20. The Balaban J connectivity index is 2.01. The molecule has 1 aromatic carbocycles. The van der Waals surface area contributed by atoms with Crippen LogP contribution in [-0.2, 0) is 0 Å². The van der Waals surface area contributed by atoms with E-state index >= 15 is 0 Å². The zero-order valence-corrected chi connectivity index (χ0v) is 13.1. The highest BCUT2D eigenvalue weighted by atomic mass is 32.1. The normalized spacial score (nSPS) is 13.2. The number of hydrogen-bond acceptors (Lipinski definition) is 4. The van der Waals surface area contributed by atoms with Crippen molar-refractivity contribution in [2.24, 2.45) is 0 Å². The Morgan fingerprint density at radius 1 is 1.25 bits per heavy atom. The van der Waals surface area contributed by atoms with Crippen LogP contribution in [0.15, 0.2) is 29.6 Å². The zero-order valence-electron chi connectivity index (χ0n) is 12.3. The van der Waals surface area contributed by atoms with Crippen molar-refractivity contribution < 1.29 is 5.11 Å². The first-order chi connectivity index (χ1) is 9.80. The molecule has 0 saturated carbocycles. The Bertz CT molecular complexity index is 522. The van der Waals surface area contributed by atoms with Gasteiger partial charge in [0.25, 0.3) is 0 Å². The second-order valence-electron chi connectivity index (χ2n) is 4.90. The number of hydrogen-bond donors (Lipinski definition) is 2. The molecule has 0 amide bonds. The van der Waals surface area contributed by atoms with Crippen LogP contribution in [0.4, 0.5) is 0 Å². The average molecular weight is 292 g/mol. The van der Waals surface area contributed by atoms with Crippen molar-refractivity contribution in [1.82, 2.24) is 10.2 Å². The molecule has 0 saturated heterocycles. The van der Waals surface area contributed by atoms with Crippen LogP contribution in [0.5, 0.6) is 0 Å². The molecule has 1 aromatic heterocycles. The van der Waals surface area contributed by atoms with Gasteiger partial charge in [0.2, 0.25) is 0 Å². The summed E-state index contributed by atoms with van der Waals surface area (Å²) in [6, 6.07) is 8.42. The molecule has 0 fully saturated rings. The summed E-state index contributed by atoms with van der Waals surface area (Å²) >= 11 is 1.74. The summed E-state index contributed by atoms with van der Waals surface area (Å²) in [5, 5.41) is 16.6. The van der Waals surface area contributed by atoms with Crippen LogP contribution < -0.4 is 5.32 Å². The molecule has 20 heavy (non-hydrogen) atoms. The Morgan fingerprint density at radius 3 is 2.70 bits per heavy atom. The molecule has 110 valence electrons. The standard InChI is InChI=1S/C16H24N2OS/c1-3-18(4-2)10-9-17-15(11-19)14-12-20-16-8-6-5-7-13(14)16/h5-8,12,15,17,19H,3-4,9-11H2,1-2H3. The average Bonchev–Trinajstić information content (AvgIpc) is 2.92. The highest BCUT2D eigenvalue weighted by Gasteiger charge is 2.14. The fraction of sp³-hybridized carbons (Fsp3) is 0.500. The molecule has 0 aliphatic carbocycles. The Hall–Kier alpha value is -0.940. The number of likely N-dealkylation sites (N-methyl/N-ethyl adjacent to an activating group) is 1. The number of nitrogens with zero attached hydrogens (tertiary/aromatic N) is 1. The van der Waals surface area contributed by atoms with Crippen LogP contribution in [0.1, 0.15) is 25.5 Å². The van der Waals surface area contributed by atoms with Crippen molar-refractivity contribution in [3.63, 3.8) is 0 Å². The number of rotatable bonds is 8. The zero-order chi connectivity index (χ0) is 14.4. The molecular formula is C16H24N2OS. The predicted molar refractivity (Wildman–Crippen MR) is 87.4 cm³/mol. The van der Waals surface area contributed by atoms with E-state index in [9.17, 15) is 5.11 Å². The van der Waals surface area contributed by atoms with Crippen LogP contribution in [0.25, 0.3) is 10.1 Å². The molecule has 0 spiro atoms. The lowest BCUT2D eigenvalue weighted by Gasteiger charge is -2.21. The van der Waals surface area contributed by atoms with Gasteiger partial charge in [-0.2, -0.15) is 0 Å². The molecule has 2 rings (SSSR count). The van der Waals surface area contributed by atoms with Gasteiger partial charge >= 0.3 is 0 Å². The maximum absolute atomic E-state index is 9.67. The largest absolute Gasteiger partial charge is 0.394 e. The smallest absolute Gasteiger partial charge is 0.0627 e. The van der Waals surface area contributed by atoms with Crippen LogP contribution in [0.3, 0.4) is 0 Å². The SMILES string of the molecule is CCN(CC)CCNC(CO)c1csc2ccccc12. The molecule has 2 aromatic rings. The summed E-state index contributed by atoms with van der Waals surface area (Å²) in [7, 11) is 0. The van der Waals surface area contributed by atoms with Gasteiger partial charge in [0.05, 0.1) is 12.6 Å². The lowest BCUT2D eigenvalue weighted by atomic mass is 10.1. The predicted octanol–water partition coefficient (Wildman–Crippen LogP) is 2.87. The van der Waals surface area contributed by atoms with Gasteiger partial charge in [0, 0.05) is 17.8 Å². The van der Waals surface area contributed by atoms with Gasteiger partial charge in [-0.15, -0.1) is 11.3 Å². The van der Waals surface area contributed by atoms with Crippen molar-refractivity contribution in [2.45, 2.75) is 19.9 Å². The van der Waals surface area contributed by atoms with E-state index in [1.165, 1.54) is 15.6 Å². The van der Waals surface area contributed by atoms with E-state index in [0.29, 0.717) is 0 Å². The van der Waals surface area contributed by atoms with E-state index in [1.54, 1.807) is 11.3 Å². The van der Waals surface area contributed by atoms with Crippen LogP contribution in [0, 0.1) is 0 Å². The number of thiophene rings is 1. The van der Waals surface area contributed by atoms with Crippen LogP contribution in [0.2, 0.25) is 0 Å². The molecule has 2 N–H and O–H groups in total. The van der Waals surface area contributed by atoms with E-state index in [2.05, 4.69) is 53.7 Å². The van der Waals surface area contributed by atoms with Gasteiger partial charge < -0.3 is 15.3 Å². The number of aliphatic hydroxyl groups is 1. The van der Waals surface area contributed by atoms with Gasteiger partial charge in [-0.25, -0.2) is 0 Å². The van der Waals surface area contributed by atoms with E-state index in [1.807, 2.05) is 0 Å². The minimum absolute atomic E-state index is 0.0294. The van der Waals surface area contributed by atoms with Gasteiger partial charge in [-0.3, -0.25) is 0 Å². The Labute approximate surface area is 125 Å². The molecule has 1 atom stereocenters. The fourth-order valence-corrected chi connectivity index (χ4v) is 3.49. The molecule has 1 unspecified atom stereocenters. The first-order valence-electron chi connectivity index (χ1n) is 7.32. The van der Waals surface area contributed by atoms with Crippen molar-refractivity contribution in [1.29, 1.82) is 0 Å². The topological polar surface area (TPSA) is 35.5 Å². The number of nitrogens with one attached hydrogen (secondary N) is 1. The van der Waals surface area contributed by atoms with Gasteiger partial charge in [-0.1, -0.05) is 32.0 Å². The van der Waals surface area contributed by atoms with E-state index in [-0.39, 0.29) is 12.6 Å². The Morgan fingerprint density at radius 2 is 2.00 bits per heavy atom. The van der Waals surface area contributed by atoms with Crippen molar-refractivity contribution >= 4 is 21.4 Å².